The zero-order chi connectivity index (χ0) is 20.6. The number of esters is 1. The van der Waals surface area contributed by atoms with E-state index in [-0.39, 0.29) is 25.0 Å². The van der Waals surface area contributed by atoms with Gasteiger partial charge in [0.15, 0.2) is 0 Å². The molecule has 0 bridgehead atoms. The lowest BCUT2D eigenvalue weighted by Gasteiger charge is -2.32. The minimum Gasteiger partial charge on any atom is -0.464 e. The first kappa shape index (κ1) is 22.7. The summed E-state index contributed by atoms with van der Waals surface area (Å²) in [5, 5.41) is 2.60. The van der Waals surface area contributed by atoms with E-state index in [0.29, 0.717) is 19.3 Å². The largest absolute Gasteiger partial charge is 0.464 e. The minimum absolute atomic E-state index is 0.155. The van der Waals surface area contributed by atoms with Crippen LogP contribution in [0.1, 0.15) is 53.4 Å². The van der Waals surface area contributed by atoms with Crippen LogP contribution in [0.25, 0.3) is 0 Å². The molecule has 2 amide bonds. The summed E-state index contributed by atoms with van der Waals surface area (Å²) in [5.74, 6) is -0.768. The van der Waals surface area contributed by atoms with Crippen molar-refractivity contribution in [2.75, 3.05) is 6.61 Å². The number of likely N-dealkylation sites (tertiary alicyclic amines) is 1. The Hall–Kier alpha value is -2.31. The molecular formula is C20H32N2O5. The van der Waals surface area contributed by atoms with Crippen molar-refractivity contribution in [2.24, 2.45) is 0 Å². The second-order valence-corrected chi connectivity index (χ2v) is 7.49. The zero-order valence-corrected chi connectivity index (χ0v) is 16.8. The second-order valence-electron chi connectivity index (χ2n) is 7.49. The predicted octanol–water partition coefficient (Wildman–Crippen LogP) is 2.95. The van der Waals surface area contributed by atoms with Gasteiger partial charge in [-0.05, 0) is 53.4 Å². The predicted molar refractivity (Wildman–Crippen MR) is 103 cm³/mol. The van der Waals surface area contributed by atoms with Gasteiger partial charge >= 0.3 is 12.1 Å². The Kier molecular flexibility index (Phi) is 8.53. The first-order chi connectivity index (χ1) is 12.6. The number of nitrogens with one attached hydrogen (secondary N) is 1. The van der Waals surface area contributed by atoms with E-state index in [0.717, 1.165) is 0 Å². The Bertz CT molecular complexity index is 567. The van der Waals surface area contributed by atoms with Crippen LogP contribution in [0.5, 0.6) is 0 Å². The first-order valence-corrected chi connectivity index (χ1v) is 9.34. The normalized spacial score (nSPS) is 20.5. The molecule has 1 saturated heterocycles. The summed E-state index contributed by atoms with van der Waals surface area (Å²) in [4.78, 5) is 39.2. The molecule has 1 aliphatic heterocycles. The van der Waals surface area contributed by atoms with Crippen LogP contribution in [0, 0.1) is 0 Å². The van der Waals surface area contributed by atoms with Crippen LogP contribution in [0.2, 0.25) is 0 Å². The summed E-state index contributed by atoms with van der Waals surface area (Å²) >= 11 is 0. The fourth-order valence-electron chi connectivity index (χ4n) is 3.13. The first-order valence-electron chi connectivity index (χ1n) is 9.34. The quantitative estimate of drug-likeness (QED) is 0.517. The number of hydrogen-bond donors (Lipinski definition) is 1. The van der Waals surface area contributed by atoms with Crippen LogP contribution in [-0.2, 0) is 19.1 Å². The van der Waals surface area contributed by atoms with Crippen LogP contribution in [0.15, 0.2) is 25.3 Å². The molecule has 1 aliphatic rings. The Morgan fingerprint density at radius 2 is 1.89 bits per heavy atom. The Balaban J connectivity index is 3.02. The third-order valence-corrected chi connectivity index (χ3v) is 4.15. The Labute approximate surface area is 161 Å². The van der Waals surface area contributed by atoms with Crippen molar-refractivity contribution in [2.45, 2.75) is 77.1 Å². The van der Waals surface area contributed by atoms with Gasteiger partial charge in [0.05, 0.1) is 6.61 Å². The van der Waals surface area contributed by atoms with Crippen molar-refractivity contribution in [1.29, 1.82) is 0 Å². The van der Waals surface area contributed by atoms with Crippen molar-refractivity contribution in [3.8, 4) is 0 Å². The average molecular weight is 380 g/mol. The van der Waals surface area contributed by atoms with Crippen molar-refractivity contribution < 1.29 is 23.9 Å². The number of hydrogen-bond acceptors (Lipinski definition) is 5. The maximum atomic E-state index is 13.2. The molecule has 0 aromatic carbocycles. The highest BCUT2D eigenvalue weighted by molar-refractivity contribution is 5.90. The third-order valence-electron chi connectivity index (χ3n) is 4.15. The molecular weight excluding hydrogens is 348 g/mol. The van der Waals surface area contributed by atoms with Crippen LogP contribution in [0.4, 0.5) is 4.79 Å². The molecule has 0 aliphatic carbocycles. The van der Waals surface area contributed by atoms with Gasteiger partial charge in [-0.2, -0.15) is 0 Å². The molecule has 0 aromatic rings. The van der Waals surface area contributed by atoms with Gasteiger partial charge in [-0.1, -0.05) is 12.2 Å². The molecule has 152 valence electrons. The standard InChI is InChI=1S/C20H32N2O5/c1-7-10-14-12-13-16(18(24)26-9-3)22(14)17(23)15(11-8-2)21-19(25)27-20(4,5)6/h7-8,14-16H,1-2,9-13H2,3-6H3,(H,21,25)/t14-,15-,16-/m0/s1. The lowest BCUT2D eigenvalue weighted by Crippen LogP contribution is -2.54. The third kappa shape index (κ3) is 6.73. The highest BCUT2D eigenvalue weighted by Crippen LogP contribution is 2.29. The molecule has 1 heterocycles. The molecule has 1 N–H and O–H groups in total. The Morgan fingerprint density at radius 1 is 1.22 bits per heavy atom. The van der Waals surface area contributed by atoms with Crippen LogP contribution in [0.3, 0.4) is 0 Å². The highest BCUT2D eigenvalue weighted by Gasteiger charge is 2.43. The fraction of sp³-hybridized carbons (Fsp3) is 0.650. The van der Waals surface area contributed by atoms with E-state index in [1.54, 1.807) is 39.8 Å². The summed E-state index contributed by atoms with van der Waals surface area (Å²) < 4.78 is 10.4. The van der Waals surface area contributed by atoms with Gasteiger partial charge in [0.25, 0.3) is 0 Å². The summed E-state index contributed by atoms with van der Waals surface area (Å²) in [7, 11) is 0. The van der Waals surface area contributed by atoms with Crippen LogP contribution in [-0.4, -0.2) is 53.2 Å². The van der Waals surface area contributed by atoms with E-state index in [1.165, 1.54) is 4.90 Å². The molecule has 0 aromatic heterocycles. The van der Waals surface area contributed by atoms with Gasteiger partial charge in [-0.3, -0.25) is 4.79 Å². The summed E-state index contributed by atoms with van der Waals surface area (Å²) in [6, 6.07) is -1.67. The van der Waals surface area contributed by atoms with Crippen molar-refractivity contribution in [3.63, 3.8) is 0 Å². The zero-order valence-electron chi connectivity index (χ0n) is 16.8. The summed E-state index contributed by atoms with van der Waals surface area (Å²) in [6.45, 7) is 14.6. The van der Waals surface area contributed by atoms with Crippen molar-refractivity contribution in [3.05, 3.63) is 25.3 Å². The minimum atomic E-state index is -0.861. The summed E-state index contributed by atoms with van der Waals surface area (Å²) in [6.07, 6.45) is 4.58. The molecule has 0 radical (unpaired) electrons. The molecule has 7 heteroatoms. The van der Waals surface area contributed by atoms with E-state index in [1.807, 2.05) is 0 Å². The highest BCUT2D eigenvalue weighted by atomic mass is 16.6. The molecule has 27 heavy (non-hydrogen) atoms. The van der Waals surface area contributed by atoms with E-state index < -0.39 is 29.7 Å². The van der Waals surface area contributed by atoms with Crippen LogP contribution >= 0.6 is 0 Å². The lowest BCUT2D eigenvalue weighted by atomic mass is 10.1. The number of alkyl carbamates (subject to hydrolysis) is 1. The lowest BCUT2D eigenvalue weighted by molar-refractivity contribution is -0.154. The monoisotopic (exact) mass is 380 g/mol. The maximum absolute atomic E-state index is 13.2. The number of nitrogens with zero attached hydrogens (tertiary/aromatic N) is 1. The van der Waals surface area contributed by atoms with Gasteiger partial charge in [-0.15, -0.1) is 13.2 Å². The van der Waals surface area contributed by atoms with E-state index in [9.17, 15) is 14.4 Å². The van der Waals surface area contributed by atoms with Gasteiger partial charge in [0.1, 0.15) is 17.7 Å². The van der Waals surface area contributed by atoms with Gasteiger partial charge in [0, 0.05) is 6.04 Å². The maximum Gasteiger partial charge on any atom is 0.408 e. The van der Waals surface area contributed by atoms with Gasteiger partial charge in [0.2, 0.25) is 5.91 Å². The number of amides is 2. The van der Waals surface area contributed by atoms with E-state index >= 15 is 0 Å². The van der Waals surface area contributed by atoms with Crippen molar-refractivity contribution in [1.82, 2.24) is 10.2 Å². The summed E-state index contributed by atoms with van der Waals surface area (Å²) in [5.41, 5.74) is -0.682. The smallest absolute Gasteiger partial charge is 0.408 e. The van der Waals surface area contributed by atoms with Crippen LogP contribution < -0.4 is 5.32 Å². The molecule has 0 unspecified atom stereocenters. The van der Waals surface area contributed by atoms with Gasteiger partial charge < -0.3 is 19.7 Å². The topological polar surface area (TPSA) is 84.9 Å². The molecule has 0 saturated carbocycles. The number of carbonyl (C=O) groups excluding carboxylic acids is 3. The molecule has 1 rings (SSSR count). The fourth-order valence-corrected chi connectivity index (χ4v) is 3.13. The van der Waals surface area contributed by atoms with Crippen molar-refractivity contribution >= 4 is 18.0 Å². The number of carbonyl (C=O) groups is 3. The molecule has 0 spiro atoms. The molecule has 1 fully saturated rings. The molecule has 3 atom stereocenters. The molecule has 7 nitrogen and oxygen atoms in total. The van der Waals surface area contributed by atoms with E-state index in [4.69, 9.17) is 9.47 Å². The Morgan fingerprint density at radius 3 is 2.41 bits per heavy atom. The number of ether oxygens (including phenoxy) is 2. The van der Waals surface area contributed by atoms with E-state index in [2.05, 4.69) is 18.5 Å². The van der Waals surface area contributed by atoms with Gasteiger partial charge in [-0.25, -0.2) is 9.59 Å². The number of rotatable bonds is 8. The second kappa shape index (κ2) is 10.1. The SMILES string of the molecule is C=CC[C@H]1CC[C@@H](C(=O)OCC)N1C(=O)[C@H](CC=C)NC(=O)OC(C)(C)C. The average Bonchev–Trinajstić information content (AvgIpc) is 2.96.